The van der Waals surface area contributed by atoms with Crippen LogP contribution in [-0.4, -0.2) is 10.1 Å². The molecule has 2 heterocycles. The summed E-state index contributed by atoms with van der Waals surface area (Å²) in [5.74, 6) is 0.127. The number of pyridine rings is 1. The molecule has 0 aliphatic heterocycles. The highest BCUT2D eigenvalue weighted by Gasteiger charge is 2.30. The van der Waals surface area contributed by atoms with Crippen molar-refractivity contribution in [3.05, 3.63) is 29.5 Å². The van der Waals surface area contributed by atoms with Gasteiger partial charge in [0.1, 0.15) is 5.69 Å². The number of hydrogen-bond acceptors (Lipinski definition) is 4. The lowest BCUT2D eigenvalue weighted by Gasteiger charge is -2.05. The maximum atomic E-state index is 12.3. The molecule has 2 aromatic heterocycles. The molecule has 0 radical (unpaired) electrons. The van der Waals surface area contributed by atoms with Crippen LogP contribution in [0.25, 0.3) is 11.4 Å². The van der Waals surface area contributed by atoms with E-state index in [1.807, 2.05) is 0 Å². The normalized spacial score (nSPS) is 11.8. The first kappa shape index (κ1) is 11.4. The van der Waals surface area contributed by atoms with E-state index in [1.54, 1.807) is 6.92 Å². The quantitative estimate of drug-likeness (QED) is 0.836. The van der Waals surface area contributed by atoms with E-state index < -0.39 is 11.7 Å². The molecule has 0 fully saturated rings. The molecule has 0 bridgehead atoms. The summed E-state index contributed by atoms with van der Waals surface area (Å²) in [6.45, 7) is 1.65. The van der Waals surface area contributed by atoms with Crippen LogP contribution in [0.5, 0.6) is 0 Å². The zero-order chi connectivity index (χ0) is 12.6. The molecular weight excluding hydrogens is 235 g/mol. The zero-order valence-corrected chi connectivity index (χ0v) is 8.75. The highest BCUT2D eigenvalue weighted by molar-refractivity contribution is 5.62. The van der Waals surface area contributed by atoms with Crippen molar-refractivity contribution in [1.29, 1.82) is 0 Å². The second kappa shape index (κ2) is 3.76. The Hall–Kier alpha value is -2.05. The van der Waals surface area contributed by atoms with E-state index in [2.05, 4.69) is 10.1 Å². The van der Waals surface area contributed by atoms with Crippen LogP contribution in [-0.2, 0) is 6.18 Å². The van der Waals surface area contributed by atoms with Gasteiger partial charge in [0, 0.05) is 11.8 Å². The lowest BCUT2D eigenvalue weighted by Crippen LogP contribution is -2.05. The fourth-order valence-electron chi connectivity index (χ4n) is 1.29. The molecule has 0 saturated heterocycles. The lowest BCUT2D eigenvalue weighted by atomic mass is 10.1. The Bertz CT molecular complexity index is 531. The Morgan fingerprint density at radius 1 is 1.29 bits per heavy atom. The number of nitrogens with two attached hydrogens (primary N) is 1. The number of nitrogen functional groups attached to an aromatic ring is 1. The molecule has 2 rings (SSSR count). The maximum absolute atomic E-state index is 12.3. The maximum Gasteiger partial charge on any atom is 0.417 e. The van der Waals surface area contributed by atoms with Gasteiger partial charge in [-0.05, 0) is 19.1 Å². The molecular formula is C10H8F3N3O. The van der Waals surface area contributed by atoms with E-state index in [-0.39, 0.29) is 11.6 Å². The number of nitrogens with zero attached hydrogens (tertiary/aromatic N) is 2. The molecule has 0 aliphatic rings. The first-order valence-electron chi connectivity index (χ1n) is 4.65. The third-order valence-corrected chi connectivity index (χ3v) is 2.29. The van der Waals surface area contributed by atoms with Crippen LogP contribution in [0.4, 0.5) is 19.1 Å². The highest BCUT2D eigenvalue weighted by atomic mass is 19.4. The van der Waals surface area contributed by atoms with Gasteiger partial charge in [0.05, 0.1) is 11.3 Å². The molecule has 0 atom stereocenters. The van der Waals surface area contributed by atoms with Gasteiger partial charge in [-0.3, -0.25) is 4.98 Å². The van der Waals surface area contributed by atoms with E-state index >= 15 is 0 Å². The van der Waals surface area contributed by atoms with Gasteiger partial charge in [0.15, 0.2) is 0 Å². The van der Waals surface area contributed by atoms with E-state index in [1.165, 1.54) is 6.07 Å². The summed E-state index contributed by atoms with van der Waals surface area (Å²) in [7, 11) is 0. The molecule has 2 N–H and O–H groups in total. The molecule has 0 unspecified atom stereocenters. The van der Waals surface area contributed by atoms with Crippen LogP contribution >= 0.6 is 0 Å². The Labute approximate surface area is 94.2 Å². The van der Waals surface area contributed by atoms with Crippen molar-refractivity contribution in [1.82, 2.24) is 10.1 Å². The van der Waals surface area contributed by atoms with Gasteiger partial charge in [0.25, 0.3) is 0 Å². The first-order valence-corrected chi connectivity index (χ1v) is 4.65. The summed E-state index contributed by atoms with van der Waals surface area (Å²) >= 11 is 0. The Morgan fingerprint density at radius 2 is 2.00 bits per heavy atom. The number of halogens is 3. The van der Waals surface area contributed by atoms with Crippen molar-refractivity contribution in [2.75, 3.05) is 5.73 Å². The van der Waals surface area contributed by atoms with E-state index in [4.69, 9.17) is 10.3 Å². The number of alkyl halides is 3. The van der Waals surface area contributed by atoms with E-state index in [0.29, 0.717) is 11.3 Å². The lowest BCUT2D eigenvalue weighted by molar-refractivity contribution is -0.137. The molecule has 7 heteroatoms. The monoisotopic (exact) mass is 243 g/mol. The van der Waals surface area contributed by atoms with Gasteiger partial charge in [-0.25, -0.2) is 0 Å². The van der Waals surface area contributed by atoms with Crippen LogP contribution < -0.4 is 5.73 Å². The minimum Gasteiger partial charge on any atom is -0.367 e. The number of anilines is 1. The molecule has 0 saturated carbocycles. The fourth-order valence-corrected chi connectivity index (χ4v) is 1.29. The predicted molar refractivity (Wildman–Crippen MR) is 53.9 cm³/mol. The summed E-state index contributed by atoms with van der Waals surface area (Å²) < 4.78 is 41.6. The van der Waals surface area contributed by atoms with Crippen LogP contribution in [0.15, 0.2) is 22.9 Å². The molecule has 0 amide bonds. The van der Waals surface area contributed by atoms with Gasteiger partial charge in [-0.2, -0.15) is 13.2 Å². The molecule has 17 heavy (non-hydrogen) atoms. The summed E-state index contributed by atoms with van der Waals surface area (Å²) in [4.78, 5) is 3.69. The molecule has 4 nitrogen and oxygen atoms in total. The second-order valence-corrected chi connectivity index (χ2v) is 3.45. The smallest absolute Gasteiger partial charge is 0.367 e. The van der Waals surface area contributed by atoms with Crippen LogP contribution in [0, 0.1) is 6.92 Å². The van der Waals surface area contributed by atoms with E-state index in [9.17, 15) is 13.2 Å². The van der Waals surface area contributed by atoms with E-state index in [0.717, 1.165) is 12.3 Å². The predicted octanol–water partition coefficient (Wildman–Crippen LogP) is 2.65. The SMILES string of the molecule is Cc1c(-c2ccc(C(F)(F)F)cn2)noc1N. The standard InChI is InChI=1S/C10H8F3N3O/c1-5-8(16-17-9(5)14)7-3-2-6(4-15-7)10(11,12)13/h2-4H,14H2,1H3. The van der Waals surface area contributed by atoms with Crippen molar-refractivity contribution in [3.8, 4) is 11.4 Å². The topological polar surface area (TPSA) is 64.9 Å². The minimum atomic E-state index is -4.40. The van der Waals surface area contributed by atoms with Crippen LogP contribution in [0.1, 0.15) is 11.1 Å². The van der Waals surface area contributed by atoms with Crippen molar-refractivity contribution >= 4 is 5.88 Å². The van der Waals surface area contributed by atoms with Crippen molar-refractivity contribution in [2.24, 2.45) is 0 Å². The van der Waals surface area contributed by atoms with Crippen molar-refractivity contribution < 1.29 is 17.7 Å². The third kappa shape index (κ3) is 2.08. The fraction of sp³-hybridized carbons (Fsp3) is 0.200. The molecule has 2 aromatic rings. The average molecular weight is 243 g/mol. The van der Waals surface area contributed by atoms with Crippen LogP contribution in [0.2, 0.25) is 0 Å². The molecule has 0 spiro atoms. The van der Waals surface area contributed by atoms with Crippen molar-refractivity contribution in [3.63, 3.8) is 0 Å². The largest absolute Gasteiger partial charge is 0.417 e. The second-order valence-electron chi connectivity index (χ2n) is 3.45. The number of aromatic nitrogens is 2. The van der Waals surface area contributed by atoms with Gasteiger partial charge in [0.2, 0.25) is 5.88 Å². The number of hydrogen-bond donors (Lipinski definition) is 1. The summed E-state index contributed by atoms with van der Waals surface area (Å²) in [6.07, 6.45) is -3.65. The molecule has 0 aliphatic carbocycles. The zero-order valence-electron chi connectivity index (χ0n) is 8.75. The summed E-state index contributed by atoms with van der Waals surface area (Å²) in [5.41, 5.74) is 5.82. The molecule has 0 aromatic carbocycles. The van der Waals surface area contributed by atoms with Gasteiger partial charge < -0.3 is 10.3 Å². The third-order valence-electron chi connectivity index (χ3n) is 2.29. The minimum absolute atomic E-state index is 0.127. The van der Waals surface area contributed by atoms with Gasteiger partial charge >= 0.3 is 6.18 Å². The van der Waals surface area contributed by atoms with Gasteiger partial charge in [-0.1, -0.05) is 5.16 Å². The highest BCUT2D eigenvalue weighted by Crippen LogP contribution is 2.30. The first-order chi connectivity index (χ1) is 7.89. The van der Waals surface area contributed by atoms with Gasteiger partial charge in [-0.15, -0.1) is 0 Å². The Morgan fingerprint density at radius 3 is 2.41 bits per heavy atom. The Balaban J connectivity index is 2.40. The average Bonchev–Trinajstić information content (AvgIpc) is 2.59. The number of rotatable bonds is 1. The Kier molecular flexibility index (Phi) is 2.53. The summed E-state index contributed by atoms with van der Waals surface area (Å²) in [6, 6.07) is 2.17. The van der Waals surface area contributed by atoms with Crippen molar-refractivity contribution in [2.45, 2.75) is 13.1 Å². The summed E-state index contributed by atoms with van der Waals surface area (Å²) in [5, 5.41) is 3.63. The van der Waals surface area contributed by atoms with Crippen LogP contribution in [0.3, 0.4) is 0 Å². The molecule has 90 valence electrons.